The minimum atomic E-state index is -0.864. The van der Waals surface area contributed by atoms with Crippen LogP contribution in [0.1, 0.15) is 24.6 Å². The molecule has 1 atom stereocenters. The highest BCUT2D eigenvalue weighted by Crippen LogP contribution is 2.20. The van der Waals surface area contributed by atoms with Crippen molar-refractivity contribution in [2.45, 2.75) is 32.4 Å². The van der Waals surface area contributed by atoms with E-state index in [0.717, 1.165) is 4.88 Å². The van der Waals surface area contributed by atoms with Crippen LogP contribution < -0.4 is 10.6 Å². The van der Waals surface area contributed by atoms with Crippen LogP contribution in [0.5, 0.6) is 0 Å². The summed E-state index contributed by atoms with van der Waals surface area (Å²) in [6.45, 7) is 2.18. The Balaban J connectivity index is 2.22. The molecule has 100 valence electrons. The number of hydrogen-bond donors (Lipinski definition) is 3. The van der Waals surface area contributed by atoms with Gasteiger partial charge in [0.25, 0.3) is 0 Å². The Morgan fingerprint density at radius 1 is 1.50 bits per heavy atom. The van der Waals surface area contributed by atoms with Gasteiger partial charge in [0.2, 0.25) is 0 Å². The van der Waals surface area contributed by atoms with Gasteiger partial charge in [0, 0.05) is 17.3 Å². The third kappa shape index (κ3) is 5.88. The van der Waals surface area contributed by atoms with Gasteiger partial charge < -0.3 is 15.7 Å². The maximum Gasteiger partial charge on any atom is 0.315 e. The first-order chi connectivity index (χ1) is 8.47. The fourth-order valence-corrected chi connectivity index (χ4v) is 2.33. The van der Waals surface area contributed by atoms with Gasteiger partial charge in [-0.3, -0.25) is 4.79 Å². The molecule has 1 heterocycles. The monoisotopic (exact) mass is 290 g/mol. The summed E-state index contributed by atoms with van der Waals surface area (Å²) in [5.74, 6) is -0.864. The zero-order chi connectivity index (χ0) is 13.5. The minimum Gasteiger partial charge on any atom is -0.481 e. The van der Waals surface area contributed by atoms with E-state index < -0.39 is 5.97 Å². The highest BCUT2D eigenvalue weighted by Gasteiger charge is 2.09. The van der Waals surface area contributed by atoms with Gasteiger partial charge in [-0.25, -0.2) is 4.79 Å². The number of amides is 2. The van der Waals surface area contributed by atoms with Gasteiger partial charge in [-0.15, -0.1) is 11.3 Å². The number of carbonyl (C=O) groups excluding carboxylic acids is 1. The van der Waals surface area contributed by atoms with Gasteiger partial charge in [0.1, 0.15) is 0 Å². The number of thiophene rings is 1. The van der Waals surface area contributed by atoms with E-state index in [1.807, 2.05) is 6.07 Å². The van der Waals surface area contributed by atoms with Gasteiger partial charge in [-0.05, 0) is 25.5 Å². The van der Waals surface area contributed by atoms with Crippen LogP contribution in [0.15, 0.2) is 12.1 Å². The Hall–Kier alpha value is -1.27. The fraction of sp³-hybridized carbons (Fsp3) is 0.455. The van der Waals surface area contributed by atoms with Crippen molar-refractivity contribution in [3.63, 3.8) is 0 Å². The van der Waals surface area contributed by atoms with Crippen LogP contribution in [0.4, 0.5) is 4.79 Å². The number of carboxylic acid groups (broad SMARTS) is 1. The molecule has 1 aromatic rings. The molecule has 3 N–H and O–H groups in total. The number of aliphatic carboxylic acids is 1. The lowest BCUT2D eigenvalue weighted by atomic mass is 10.2. The largest absolute Gasteiger partial charge is 0.481 e. The van der Waals surface area contributed by atoms with Crippen LogP contribution in [0.2, 0.25) is 4.34 Å². The molecular weight excluding hydrogens is 276 g/mol. The van der Waals surface area contributed by atoms with Gasteiger partial charge >= 0.3 is 12.0 Å². The van der Waals surface area contributed by atoms with Crippen LogP contribution in [-0.2, 0) is 11.3 Å². The van der Waals surface area contributed by atoms with Crippen LogP contribution in [-0.4, -0.2) is 23.1 Å². The normalized spacial score (nSPS) is 11.9. The van der Waals surface area contributed by atoms with Gasteiger partial charge in [-0.2, -0.15) is 0 Å². The molecule has 0 bridgehead atoms. The quantitative estimate of drug-likeness (QED) is 0.753. The molecule has 0 aromatic carbocycles. The number of urea groups is 1. The first kappa shape index (κ1) is 14.8. The topological polar surface area (TPSA) is 78.4 Å². The highest BCUT2D eigenvalue weighted by atomic mass is 35.5. The third-order valence-electron chi connectivity index (χ3n) is 2.22. The molecule has 0 saturated carbocycles. The van der Waals surface area contributed by atoms with E-state index in [1.165, 1.54) is 11.3 Å². The second-order valence-electron chi connectivity index (χ2n) is 3.87. The molecule has 2 amide bonds. The SMILES string of the molecule is CC(CCC(=O)O)NC(=O)NCc1ccc(Cl)s1. The van der Waals surface area contributed by atoms with Gasteiger partial charge in [0.15, 0.2) is 0 Å². The molecular formula is C11H15ClN2O3S. The van der Waals surface area contributed by atoms with Crippen molar-refractivity contribution in [3.05, 3.63) is 21.3 Å². The zero-order valence-corrected chi connectivity index (χ0v) is 11.5. The lowest BCUT2D eigenvalue weighted by molar-refractivity contribution is -0.137. The summed E-state index contributed by atoms with van der Waals surface area (Å²) in [6.07, 6.45) is 0.454. The van der Waals surface area contributed by atoms with Crippen molar-refractivity contribution in [1.29, 1.82) is 0 Å². The maximum atomic E-state index is 11.5. The smallest absolute Gasteiger partial charge is 0.315 e. The second-order valence-corrected chi connectivity index (χ2v) is 5.67. The molecule has 1 rings (SSSR count). The van der Waals surface area contributed by atoms with E-state index in [9.17, 15) is 9.59 Å². The Morgan fingerprint density at radius 2 is 2.22 bits per heavy atom. The summed E-state index contributed by atoms with van der Waals surface area (Å²) in [6, 6.07) is 3.14. The van der Waals surface area contributed by atoms with Crippen LogP contribution in [0, 0.1) is 0 Å². The Kier molecular flexibility index (Phi) is 5.94. The van der Waals surface area contributed by atoms with E-state index in [2.05, 4.69) is 10.6 Å². The predicted octanol–water partition coefficient (Wildman–Crippen LogP) is 2.45. The fourth-order valence-electron chi connectivity index (χ4n) is 1.30. The van der Waals surface area contributed by atoms with E-state index >= 15 is 0 Å². The average molecular weight is 291 g/mol. The molecule has 18 heavy (non-hydrogen) atoms. The van der Waals surface area contributed by atoms with Crippen LogP contribution in [0.3, 0.4) is 0 Å². The van der Waals surface area contributed by atoms with Crippen molar-refractivity contribution in [2.75, 3.05) is 0 Å². The summed E-state index contributed by atoms with van der Waals surface area (Å²) in [4.78, 5) is 22.8. The average Bonchev–Trinajstić information content (AvgIpc) is 2.70. The van der Waals surface area contributed by atoms with E-state index in [0.29, 0.717) is 17.3 Å². The number of hydrogen-bond acceptors (Lipinski definition) is 3. The van der Waals surface area contributed by atoms with E-state index in [-0.39, 0.29) is 18.5 Å². The second kappa shape index (κ2) is 7.23. The van der Waals surface area contributed by atoms with Crippen molar-refractivity contribution in [2.24, 2.45) is 0 Å². The number of rotatable bonds is 6. The molecule has 0 saturated heterocycles. The molecule has 0 radical (unpaired) electrons. The lowest BCUT2D eigenvalue weighted by Crippen LogP contribution is -2.40. The molecule has 1 aromatic heterocycles. The summed E-state index contributed by atoms with van der Waals surface area (Å²) in [7, 11) is 0. The molecule has 5 nitrogen and oxygen atoms in total. The van der Waals surface area contributed by atoms with Crippen molar-refractivity contribution in [3.8, 4) is 0 Å². The minimum absolute atomic E-state index is 0.0436. The standard InChI is InChI=1S/C11H15ClN2O3S/c1-7(2-5-10(15)16)14-11(17)13-6-8-3-4-9(12)18-8/h3-4,7H,2,5-6H2,1H3,(H,15,16)(H2,13,14,17). The van der Waals surface area contributed by atoms with Crippen molar-refractivity contribution >= 4 is 34.9 Å². The first-order valence-electron chi connectivity index (χ1n) is 5.47. The lowest BCUT2D eigenvalue weighted by Gasteiger charge is -2.13. The summed E-state index contributed by atoms with van der Waals surface area (Å²) >= 11 is 7.17. The molecule has 0 fully saturated rings. The Morgan fingerprint density at radius 3 is 2.78 bits per heavy atom. The van der Waals surface area contributed by atoms with Crippen LogP contribution in [0.25, 0.3) is 0 Å². The molecule has 7 heteroatoms. The van der Waals surface area contributed by atoms with E-state index in [4.69, 9.17) is 16.7 Å². The molecule has 1 unspecified atom stereocenters. The summed E-state index contributed by atoms with van der Waals surface area (Å²) < 4.78 is 0.682. The molecule has 0 aliphatic heterocycles. The predicted molar refractivity (Wildman–Crippen MR) is 71.0 cm³/mol. The van der Waals surface area contributed by atoms with Crippen molar-refractivity contribution < 1.29 is 14.7 Å². The number of carboxylic acids is 1. The molecule has 0 spiro atoms. The van der Waals surface area contributed by atoms with Gasteiger partial charge in [-0.1, -0.05) is 11.6 Å². The van der Waals surface area contributed by atoms with E-state index in [1.54, 1.807) is 13.0 Å². The zero-order valence-electron chi connectivity index (χ0n) is 9.90. The molecule has 0 aliphatic carbocycles. The highest BCUT2D eigenvalue weighted by molar-refractivity contribution is 7.16. The van der Waals surface area contributed by atoms with Crippen LogP contribution >= 0.6 is 22.9 Å². The third-order valence-corrected chi connectivity index (χ3v) is 3.45. The Labute approximate surface area is 114 Å². The number of carbonyl (C=O) groups is 2. The van der Waals surface area contributed by atoms with Gasteiger partial charge in [0.05, 0.1) is 10.9 Å². The molecule has 0 aliphatic rings. The first-order valence-corrected chi connectivity index (χ1v) is 6.67. The van der Waals surface area contributed by atoms with Crippen molar-refractivity contribution in [1.82, 2.24) is 10.6 Å². The number of halogens is 1. The number of nitrogens with one attached hydrogen (secondary N) is 2. The maximum absolute atomic E-state index is 11.5. The summed E-state index contributed by atoms with van der Waals surface area (Å²) in [5, 5.41) is 13.9. The Bertz CT molecular complexity index is 422. The summed E-state index contributed by atoms with van der Waals surface area (Å²) in [5.41, 5.74) is 0.